The van der Waals surface area contributed by atoms with Crippen LogP contribution in [0.5, 0.6) is 0 Å². The highest BCUT2D eigenvalue weighted by molar-refractivity contribution is 9.10. The van der Waals surface area contributed by atoms with Gasteiger partial charge in [-0.1, -0.05) is 6.07 Å². The monoisotopic (exact) mass is 363 g/mol. The zero-order valence-corrected chi connectivity index (χ0v) is 12.1. The molecule has 1 unspecified atom stereocenters. The largest absolute Gasteiger partial charge is 0.320 e. The fourth-order valence-corrected chi connectivity index (χ4v) is 3.43. The fraction of sp³-hybridized carbons (Fsp3) is 0.0909. The Balaban J connectivity index is 2.38. The van der Waals surface area contributed by atoms with Crippen LogP contribution in [0.4, 0.5) is 4.39 Å². The standard InChI is InChI=1S/C11H8Br2FNS/c12-7-3-4-16-11(7)10(15)6-1-2-9(14)8(13)5-6/h1-5,10H,15H2. The van der Waals surface area contributed by atoms with Gasteiger partial charge in [0, 0.05) is 9.35 Å². The lowest BCUT2D eigenvalue weighted by Gasteiger charge is -2.11. The summed E-state index contributed by atoms with van der Waals surface area (Å²) < 4.78 is 14.5. The fourth-order valence-electron chi connectivity index (χ4n) is 1.38. The molecule has 0 saturated heterocycles. The molecule has 0 radical (unpaired) electrons. The molecule has 0 amide bonds. The number of hydrogen-bond donors (Lipinski definition) is 1. The van der Waals surface area contributed by atoms with Crippen LogP contribution < -0.4 is 5.73 Å². The lowest BCUT2D eigenvalue weighted by atomic mass is 10.1. The molecule has 1 aromatic heterocycles. The van der Waals surface area contributed by atoms with E-state index < -0.39 is 0 Å². The molecule has 2 aromatic rings. The molecule has 2 rings (SSSR count). The second-order valence-corrected chi connectivity index (χ2v) is 5.94. The summed E-state index contributed by atoms with van der Waals surface area (Å²) in [5.74, 6) is -0.277. The molecular weight excluding hydrogens is 357 g/mol. The maximum Gasteiger partial charge on any atom is 0.137 e. The van der Waals surface area contributed by atoms with Gasteiger partial charge >= 0.3 is 0 Å². The van der Waals surface area contributed by atoms with Gasteiger partial charge in [-0.25, -0.2) is 4.39 Å². The molecule has 0 fully saturated rings. The molecule has 1 heterocycles. The van der Waals surface area contributed by atoms with Crippen LogP contribution in [0.1, 0.15) is 16.5 Å². The van der Waals surface area contributed by atoms with Gasteiger partial charge in [0.25, 0.3) is 0 Å². The summed E-state index contributed by atoms with van der Waals surface area (Å²) in [5, 5.41) is 1.97. The Morgan fingerprint density at radius 2 is 1.94 bits per heavy atom. The van der Waals surface area contributed by atoms with Crippen LogP contribution in [0.25, 0.3) is 0 Å². The van der Waals surface area contributed by atoms with Crippen LogP contribution in [-0.2, 0) is 0 Å². The molecule has 5 heteroatoms. The summed E-state index contributed by atoms with van der Waals surface area (Å²) in [7, 11) is 0. The Labute approximate surface area is 114 Å². The number of rotatable bonds is 2. The molecule has 0 aliphatic rings. The summed E-state index contributed by atoms with van der Waals surface area (Å²) in [4.78, 5) is 1.04. The summed E-state index contributed by atoms with van der Waals surface area (Å²) in [6, 6.07) is 6.56. The second kappa shape index (κ2) is 4.96. The first kappa shape index (κ1) is 12.2. The molecule has 0 bridgehead atoms. The summed E-state index contributed by atoms with van der Waals surface area (Å²) in [5.41, 5.74) is 7.00. The van der Waals surface area contributed by atoms with Crippen molar-refractivity contribution in [3.05, 3.63) is 54.8 Å². The van der Waals surface area contributed by atoms with Crippen molar-refractivity contribution in [1.29, 1.82) is 0 Å². The number of nitrogens with two attached hydrogens (primary N) is 1. The van der Waals surface area contributed by atoms with Crippen molar-refractivity contribution in [2.75, 3.05) is 0 Å². The topological polar surface area (TPSA) is 26.0 Å². The van der Waals surface area contributed by atoms with Crippen LogP contribution in [0.15, 0.2) is 38.6 Å². The lowest BCUT2D eigenvalue weighted by molar-refractivity contribution is 0.619. The zero-order valence-electron chi connectivity index (χ0n) is 8.08. The first-order valence-electron chi connectivity index (χ1n) is 4.53. The molecule has 1 atom stereocenters. The van der Waals surface area contributed by atoms with Gasteiger partial charge in [-0.15, -0.1) is 11.3 Å². The van der Waals surface area contributed by atoms with Crippen molar-refractivity contribution < 1.29 is 4.39 Å². The predicted molar refractivity (Wildman–Crippen MR) is 72.1 cm³/mol. The van der Waals surface area contributed by atoms with Gasteiger partial charge in [0.2, 0.25) is 0 Å². The van der Waals surface area contributed by atoms with Crippen molar-refractivity contribution in [3.63, 3.8) is 0 Å². The number of thiophene rings is 1. The van der Waals surface area contributed by atoms with Crippen LogP contribution in [0.2, 0.25) is 0 Å². The Bertz CT molecular complexity index is 512. The van der Waals surface area contributed by atoms with Gasteiger partial charge in [-0.3, -0.25) is 0 Å². The van der Waals surface area contributed by atoms with Gasteiger partial charge in [0.1, 0.15) is 5.82 Å². The van der Waals surface area contributed by atoms with E-state index in [0.717, 1.165) is 14.9 Å². The van der Waals surface area contributed by atoms with E-state index >= 15 is 0 Å². The van der Waals surface area contributed by atoms with E-state index in [2.05, 4.69) is 31.9 Å². The van der Waals surface area contributed by atoms with Gasteiger partial charge in [-0.2, -0.15) is 0 Å². The highest BCUT2D eigenvalue weighted by atomic mass is 79.9. The zero-order chi connectivity index (χ0) is 11.7. The SMILES string of the molecule is NC(c1ccc(F)c(Br)c1)c1sccc1Br. The third-order valence-corrected chi connectivity index (χ3v) is 4.79. The highest BCUT2D eigenvalue weighted by Crippen LogP contribution is 2.32. The van der Waals surface area contributed by atoms with Gasteiger partial charge < -0.3 is 5.73 Å². The van der Waals surface area contributed by atoms with E-state index in [0.29, 0.717) is 4.47 Å². The minimum atomic E-state index is -0.277. The van der Waals surface area contributed by atoms with E-state index in [9.17, 15) is 4.39 Å². The molecule has 2 N–H and O–H groups in total. The number of hydrogen-bond acceptors (Lipinski definition) is 2. The maximum absolute atomic E-state index is 13.1. The normalized spacial score (nSPS) is 12.8. The van der Waals surface area contributed by atoms with Crippen molar-refractivity contribution in [3.8, 4) is 0 Å². The minimum absolute atomic E-state index is 0.230. The van der Waals surface area contributed by atoms with Crippen molar-refractivity contribution in [2.24, 2.45) is 5.73 Å². The van der Waals surface area contributed by atoms with Crippen LogP contribution in [-0.4, -0.2) is 0 Å². The molecule has 1 aromatic carbocycles. The molecular formula is C11H8Br2FNS. The Hall–Kier alpha value is -0.230. The Morgan fingerprint density at radius 1 is 1.19 bits per heavy atom. The van der Waals surface area contributed by atoms with E-state index in [1.165, 1.54) is 6.07 Å². The third-order valence-electron chi connectivity index (χ3n) is 2.23. The minimum Gasteiger partial charge on any atom is -0.320 e. The molecule has 0 aliphatic heterocycles. The van der Waals surface area contributed by atoms with E-state index in [1.54, 1.807) is 23.5 Å². The average Bonchev–Trinajstić information content (AvgIpc) is 2.67. The average molecular weight is 365 g/mol. The first-order chi connectivity index (χ1) is 7.59. The Kier molecular flexibility index (Phi) is 3.79. The van der Waals surface area contributed by atoms with Crippen molar-refractivity contribution in [2.45, 2.75) is 6.04 Å². The van der Waals surface area contributed by atoms with Gasteiger partial charge in [0.15, 0.2) is 0 Å². The van der Waals surface area contributed by atoms with E-state index in [4.69, 9.17) is 5.73 Å². The summed E-state index contributed by atoms with van der Waals surface area (Å²) in [6.45, 7) is 0. The molecule has 84 valence electrons. The van der Waals surface area contributed by atoms with Crippen molar-refractivity contribution >= 4 is 43.2 Å². The first-order valence-corrected chi connectivity index (χ1v) is 6.99. The predicted octanol–water partition coefficient (Wildman–Crippen LogP) is 4.46. The molecule has 16 heavy (non-hydrogen) atoms. The van der Waals surface area contributed by atoms with Crippen LogP contribution in [0.3, 0.4) is 0 Å². The van der Waals surface area contributed by atoms with Gasteiger partial charge in [-0.05, 0) is 61.0 Å². The van der Waals surface area contributed by atoms with Crippen LogP contribution in [0, 0.1) is 5.82 Å². The quantitative estimate of drug-likeness (QED) is 0.836. The maximum atomic E-state index is 13.1. The number of benzene rings is 1. The highest BCUT2D eigenvalue weighted by Gasteiger charge is 2.14. The summed E-state index contributed by atoms with van der Waals surface area (Å²) >= 11 is 8.18. The van der Waals surface area contributed by atoms with E-state index in [1.807, 2.05) is 11.4 Å². The van der Waals surface area contributed by atoms with E-state index in [-0.39, 0.29) is 11.9 Å². The van der Waals surface area contributed by atoms with Crippen LogP contribution >= 0.6 is 43.2 Å². The smallest absolute Gasteiger partial charge is 0.137 e. The molecule has 1 nitrogen and oxygen atoms in total. The second-order valence-electron chi connectivity index (χ2n) is 3.28. The third kappa shape index (κ3) is 2.37. The number of halogens is 3. The molecule has 0 saturated carbocycles. The van der Waals surface area contributed by atoms with Crippen molar-refractivity contribution in [1.82, 2.24) is 0 Å². The Morgan fingerprint density at radius 3 is 2.50 bits per heavy atom. The molecule has 0 aliphatic carbocycles. The summed E-state index contributed by atoms with van der Waals surface area (Å²) in [6.07, 6.45) is 0. The lowest BCUT2D eigenvalue weighted by Crippen LogP contribution is -2.10. The molecule has 0 spiro atoms. The van der Waals surface area contributed by atoms with Gasteiger partial charge in [0.05, 0.1) is 10.5 Å².